The van der Waals surface area contributed by atoms with Crippen molar-refractivity contribution in [3.8, 4) is 0 Å². The Hall–Kier alpha value is -2.57. The maximum Gasteiger partial charge on any atom is 0.233 e. The van der Waals surface area contributed by atoms with Crippen LogP contribution in [0.25, 0.3) is 17.1 Å². The van der Waals surface area contributed by atoms with Crippen molar-refractivity contribution < 1.29 is 4.79 Å². The van der Waals surface area contributed by atoms with Crippen molar-refractivity contribution >= 4 is 34.8 Å². The molecule has 2 heterocycles. The Morgan fingerprint density at radius 3 is 2.57 bits per heavy atom. The molecule has 0 atom stereocenters. The zero-order chi connectivity index (χ0) is 19.2. The van der Waals surface area contributed by atoms with Gasteiger partial charge in [0.15, 0.2) is 5.16 Å². The molecule has 0 aliphatic carbocycles. The molecule has 1 aliphatic heterocycles. The third kappa shape index (κ3) is 4.82. The average Bonchev–Trinajstić information content (AvgIpc) is 3.16. The van der Waals surface area contributed by atoms with Gasteiger partial charge in [0.1, 0.15) is 0 Å². The van der Waals surface area contributed by atoms with E-state index in [1.807, 2.05) is 47.4 Å². The van der Waals surface area contributed by atoms with Crippen LogP contribution in [0, 0.1) is 0 Å². The SMILES string of the molecule is O=C(CSc1nc2ccccc2[nH]1)N1CCN(C/C=C\c2ccccc2)CC1. The lowest BCUT2D eigenvalue weighted by atomic mass is 10.2. The fraction of sp³-hybridized carbons (Fsp3) is 0.273. The minimum absolute atomic E-state index is 0.185. The Morgan fingerprint density at radius 1 is 1.04 bits per heavy atom. The zero-order valence-corrected chi connectivity index (χ0v) is 16.6. The zero-order valence-electron chi connectivity index (χ0n) is 15.8. The van der Waals surface area contributed by atoms with Crippen LogP contribution in [0.15, 0.2) is 65.8 Å². The van der Waals surface area contributed by atoms with E-state index in [2.05, 4.69) is 39.2 Å². The number of piperazine rings is 1. The molecular weight excluding hydrogens is 368 g/mol. The maximum atomic E-state index is 12.5. The summed E-state index contributed by atoms with van der Waals surface area (Å²) in [7, 11) is 0. The number of nitrogens with one attached hydrogen (secondary N) is 1. The second kappa shape index (κ2) is 9.08. The van der Waals surface area contributed by atoms with Crippen LogP contribution >= 0.6 is 11.8 Å². The molecule has 3 aromatic rings. The predicted octanol–water partition coefficient (Wildman–Crippen LogP) is 3.51. The summed E-state index contributed by atoms with van der Waals surface area (Å²) in [4.78, 5) is 24.7. The van der Waals surface area contributed by atoms with Crippen LogP contribution in [-0.2, 0) is 4.79 Å². The fourth-order valence-corrected chi connectivity index (χ4v) is 4.09. The van der Waals surface area contributed by atoms with E-state index in [0.717, 1.165) is 48.9 Å². The molecule has 0 radical (unpaired) electrons. The Balaban J connectivity index is 1.21. The number of hydrogen-bond acceptors (Lipinski definition) is 4. The number of para-hydroxylation sites is 2. The molecule has 1 N–H and O–H groups in total. The first-order valence-corrected chi connectivity index (χ1v) is 10.6. The van der Waals surface area contributed by atoms with Crippen LogP contribution in [0.5, 0.6) is 0 Å². The van der Waals surface area contributed by atoms with E-state index >= 15 is 0 Å². The number of benzene rings is 2. The molecule has 0 unspecified atom stereocenters. The number of hydrogen-bond donors (Lipinski definition) is 1. The molecule has 0 bridgehead atoms. The molecule has 1 amide bonds. The molecule has 1 aliphatic rings. The number of amides is 1. The number of carbonyl (C=O) groups excluding carboxylic acids is 1. The van der Waals surface area contributed by atoms with Gasteiger partial charge in [-0.3, -0.25) is 9.69 Å². The van der Waals surface area contributed by atoms with Gasteiger partial charge in [-0.2, -0.15) is 0 Å². The molecule has 1 fully saturated rings. The van der Waals surface area contributed by atoms with Gasteiger partial charge in [-0.05, 0) is 17.7 Å². The quantitative estimate of drug-likeness (QED) is 0.652. The van der Waals surface area contributed by atoms with Gasteiger partial charge in [0, 0.05) is 32.7 Å². The first-order chi connectivity index (χ1) is 13.8. The Kier molecular flexibility index (Phi) is 6.09. The fourth-order valence-electron chi connectivity index (χ4n) is 3.30. The van der Waals surface area contributed by atoms with Gasteiger partial charge in [-0.25, -0.2) is 4.98 Å². The highest BCUT2D eigenvalue weighted by Gasteiger charge is 2.20. The van der Waals surface area contributed by atoms with Crippen molar-refractivity contribution in [3.63, 3.8) is 0 Å². The molecule has 0 spiro atoms. The lowest BCUT2D eigenvalue weighted by Gasteiger charge is -2.34. The van der Waals surface area contributed by atoms with Gasteiger partial charge in [-0.15, -0.1) is 0 Å². The topological polar surface area (TPSA) is 52.2 Å². The monoisotopic (exact) mass is 392 g/mol. The normalized spacial score (nSPS) is 15.5. The van der Waals surface area contributed by atoms with Gasteiger partial charge in [0.2, 0.25) is 5.91 Å². The molecule has 1 aromatic heterocycles. The summed E-state index contributed by atoms with van der Waals surface area (Å²) in [6.07, 6.45) is 4.35. The number of aromatic amines is 1. The smallest absolute Gasteiger partial charge is 0.233 e. The molecular formula is C22H24N4OS. The van der Waals surface area contributed by atoms with Gasteiger partial charge >= 0.3 is 0 Å². The Labute approximate surface area is 169 Å². The highest BCUT2D eigenvalue weighted by molar-refractivity contribution is 7.99. The lowest BCUT2D eigenvalue weighted by molar-refractivity contribution is -0.130. The van der Waals surface area contributed by atoms with Gasteiger partial charge < -0.3 is 9.88 Å². The Morgan fingerprint density at radius 2 is 1.79 bits per heavy atom. The summed E-state index contributed by atoms with van der Waals surface area (Å²) >= 11 is 1.48. The highest BCUT2D eigenvalue weighted by Crippen LogP contribution is 2.19. The summed E-state index contributed by atoms with van der Waals surface area (Å²) in [6, 6.07) is 18.3. The summed E-state index contributed by atoms with van der Waals surface area (Å²) in [5.41, 5.74) is 3.17. The van der Waals surface area contributed by atoms with E-state index < -0.39 is 0 Å². The second-order valence-corrected chi connectivity index (χ2v) is 7.81. The van der Waals surface area contributed by atoms with Crippen LogP contribution in [0.2, 0.25) is 0 Å². The molecule has 28 heavy (non-hydrogen) atoms. The van der Waals surface area contributed by atoms with Crippen molar-refractivity contribution in [2.45, 2.75) is 5.16 Å². The van der Waals surface area contributed by atoms with Gasteiger partial charge in [-0.1, -0.05) is 66.4 Å². The minimum Gasteiger partial charge on any atom is -0.339 e. The van der Waals surface area contributed by atoms with Gasteiger partial charge in [0.25, 0.3) is 0 Å². The van der Waals surface area contributed by atoms with Crippen LogP contribution in [0.3, 0.4) is 0 Å². The summed E-state index contributed by atoms with van der Waals surface area (Å²) in [6.45, 7) is 4.34. The van der Waals surface area contributed by atoms with Crippen molar-refractivity contribution in [1.82, 2.24) is 19.8 Å². The van der Waals surface area contributed by atoms with Gasteiger partial charge in [0.05, 0.1) is 16.8 Å². The van der Waals surface area contributed by atoms with Crippen molar-refractivity contribution in [1.29, 1.82) is 0 Å². The highest BCUT2D eigenvalue weighted by atomic mass is 32.2. The third-order valence-corrected chi connectivity index (χ3v) is 5.76. The molecule has 6 heteroatoms. The second-order valence-electron chi connectivity index (χ2n) is 6.84. The maximum absolute atomic E-state index is 12.5. The molecule has 2 aromatic carbocycles. The van der Waals surface area contributed by atoms with E-state index in [4.69, 9.17) is 0 Å². The van der Waals surface area contributed by atoms with E-state index in [-0.39, 0.29) is 5.91 Å². The van der Waals surface area contributed by atoms with Crippen molar-refractivity contribution in [3.05, 3.63) is 66.2 Å². The van der Waals surface area contributed by atoms with E-state index in [0.29, 0.717) is 5.75 Å². The number of nitrogens with zero attached hydrogens (tertiary/aromatic N) is 3. The number of thioether (sulfide) groups is 1. The molecule has 5 nitrogen and oxygen atoms in total. The van der Waals surface area contributed by atoms with Crippen LogP contribution < -0.4 is 0 Å². The Bertz CT molecular complexity index is 912. The predicted molar refractivity (Wildman–Crippen MR) is 115 cm³/mol. The largest absolute Gasteiger partial charge is 0.339 e. The number of aromatic nitrogens is 2. The standard InChI is InChI=1S/C22H24N4OS/c27-21(17-28-22-23-19-10-4-5-11-20(19)24-22)26-15-13-25(14-16-26)12-6-9-18-7-2-1-3-8-18/h1-11H,12-17H2,(H,23,24)/b9-6-. The lowest BCUT2D eigenvalue weighted by Crippen LogP contribution is -2.49. The number of imidazole rings is 1. The average molecular weight is 393 g/mol. The van der Waals surface area contributed by atoms with Crippen LogP contribution in [-0.4, -0.2) is 64.2 Å². The molecule has 0 saturated carbocycles. The van der Waals surface area contributed by atoms with Crippen molar-refractivity contribution in [2.75, 3.05) is 38.5 Å². The third-order valence-electron chi connectivity index (χ3n) is 4.90. The molecule has 1 saturated heterocycles. The van der Waals surface area contributed by atoms with Crippen molar-refractivity contribution in [2.24, 2.45) is 0 Å². The van der Waals surface area contributed by atoms with E-state index in [9.17, 15) is 4.79 Å². The van der Waals surface area contributed by atoms with E-state index in [1.54, 1.807) is 0 Å². The van der Waals surface area contributed by atoms with E-state index in [1.165, 1.54) is 17.3 Å². The van der Waals surface area contributed by atoms with Crippen LogP contribution in [0.1, 0.15) is 5.56 Å². The summed E-state index contributed by atoms with van der Waals surface area (Å²) in [5, 5.41) is 0.805. The number of carbonyl (C=O) groups is 1. The molecule has 4 rings (SSSR count). The first kappa shape index (κ1) is 18.8. The first-order valence-electron chi connectivity index (χ1n) is 9.57. The van der Waals surface area contributed by atoms with Crippen LogP contribution in [0.4, 0.5) is 0 Å². The number of fused-ring (bicyclic) bond motifs is 1. The number of H-pyrrole nitrogens is 1. The molecule has 144 valence electrons. The summed E-state index contributed by atoms with van der Waals surface area (Å²) in [5.74, 6) is 0.609. The summed E-state index contributed by atoms with van der Waals surface area (Å²) < 4.78 is 0. The minimum atomic E-state index is 0.185. The number of rotatable bonds is 6.